The molecule has 0 amide bonds. The fourth-order valence-corrected chi connectivity index (χ4v) is 1.34. The van der Waals surface area contributed by atoms with Crippen molar-refractivity contribution in [1.29, 1.82) is 0 Å². The lowest BCUT2D eigenvalue weighted by Crippen LogP contribution is -2.27. The molecule has 0 aromatic heterocycles. The van der Waals surface area contributed by atoms with E-state index in [4.69, 9.17) is 4.74 Å². The van der Waals surface area contributed by atoms with Crippen molar-refractivity contribution in [2.75, 3.05) is 13.2 Å². The van der Waals surface area contributed by atoms with Gasteiger partial charge in [-0.15, -0.1) is 0 Å². The van der Waals surface area contributed by atoms with Crippen LogP contribution in [-0.2, 0) is 9.53 Å². The Bertz CT molecular complexity index is 355. The molecule has 0 unspecified atom stereocenters. The normalized spacial score (nSPS) is 12.2. The summed E-state index contributed by atoms with van der Waals surface area (Å²) in [6.45, 7) is 4.13. The summed E-state index contributed by atoms with van der Waals surface area (Å²) < 4.78 is 17.7. The molecule has 0 aliphatic rings. The Morgan fingerprint density at radius 2 is 2.31 bits per heavy atom. The highest BCUT2D eigenvalue weighted by Crippen LogP contribution is 2.12. The van der Waals surface area contributed by atoms with Crippen LogP contribution in [0.5, 0.6) is 0 Å². The molecule has 4 heteroatoms. The van der Waals surface area contributed by atoms with E-state index < -0.39 is 0 Å². The minimum absolute atomic E-state index is 0.0832. The molecule has 1 aromatic carbocycles. The fraction of sp³-hybridized carbons (Fsp3) is 0.417. The van der Waals surface area contributed by atoms with Crippen LogP contribution in [0.2, 0.25) is 0 Å². The summed E-state index contributed by atoms with van der Waals surface area (Å²) in [4.78, 5) is 11.1. The molecule has 0 aliphatic heterocycles. The predicted octanol–water partition coefficient (Wildman–Crippen LogP) is 2.04. The highest BCUT2D eigenvalue weighted by molar-refractivity contribution is 5.71. The van der Waals surface area contributed by atoms with Crippen molar-refractivity contribution in [1.82, 2.24) is 5.32 Å². The van der Waals surface area contributed by atoms with E-state index in [1.807, 2.05) is 13.0 Å². The highest BCUT2D eigenvalue weighted by atomic mass is 19.1. The van der Waals surface area contributed by atoms with Gasteiger partial charge in [0.1, 0.15) is 5.82 Å². The molecule has 3 nitrogen and oxygen atoms in total. The van der Waals surface area contributed by atoms with E-state index in [2.05, 4.69) is 5.32 Å². The van der Waals surface area contributed by atoms with E-state index in [0.29, 0.717) is 6.61 Å². The molecule has 0 fully saturated rings. The monoisotopic (exact) mass is 225 g/mol. The zero-order valence-electron chi connectivity index (χ0n) is 9.50. The number of benzene rings is 1. The molecule has 0 radical (unpaired) electrons. The van der Waals surface area contributed by atoms with Crippen LogP contribution in [0.3, 0.4) is 0 Å². The maximum absolute atomic E-state index is 12.9. The molecule has 0 spiro atoms. The second kappa shape index (κ2) is 6.23. The van der Waals surface area contributed by atoms with Crippen LogP contribution < -0.4 is 5.32 Å². The molecule has 1 atom stereocenters. The number of ether oxygens (including phenoxy) is 1. The third-order valence-electron chi connectivity index (χ3n) is 2.21. The van der Waals surface area contributed by atoms with Gasteiger partial charge in [-0.1, -0.05) is 12.1 Å². The molecule has 0 heterocycles. The Kier molecular flexibility index (Phi) is 4.92. The van der Waals surface area contributed by atoms with Gasteiger partial charge in [-0.25, -0.2) is 4.39 Å². The number of esters is 1. The Labute approximate surface area is 94.6 Å². The second-order valence-electron chi connectivity index (χ2n) is 3.46. The maximum atomic E-state index is 12.9. The smallest absolute Gasteiger partial charge is 0.319 e. The topological polar surface area (TPSA) is 38.3 Å². The molecule has 16 heavy (non-hydrogen) atoms. The largest absolute Gasteiger partial charge is 0.465 e. The quantitative estimate of drug-likeness (QED) is 0.779. The minimum Gasteiger partial charge on any atom is -0.465 e. The second-order valence-corrected chi connectivity index (χ2v) is 3.46. The first-order valence-corrected chi connectivity index (χ1v) is 5.28. The zero-order chi connectivity index (χ0) is 12.0. The van der Waals surface area contributed by atoms with Crippen molar-refractivity contribution in [3.05, 3.63) is 35.6 Å². The van der Waals surface area contributed by atoms with Crippen LogP contribution in [0.25, 0.3) is 0 Å². The van der Waals surface area contributed by atoms with Gasteiger partial charge >= 0.3 is 5.97 Å². The van der Waals surface area contributed by atoms with Crippen molar-refractivity contribution in [2.45, 2.75) is 19.9 Å². The molecule has 1 rings (SSSR count). The summed E-state index contributed by atoms with van der Waals surface area (Å²) in [5.74, 6) is -0.576. The lowest BCUT2D eigenvalue weighted by Gasteiger charge is -2.13. The van der Waals surface area contributed by atoms with Crippen LogP contribution >= 0.6 is 0 Å². The van der Waals surface area contributed by atoms with Gasteiger partial charge in [0.25, 0.3) is 0 Å². The minimum atomic E-state index is -0.300. The van der Waals surface area contributed by atoms with Crippen LogP contribution in [0.4, 0.5) is 4.39 Å². The number of nitrogens with one attached hydrogen (secondary N) is 1. The number of carbonyl (C=O) groups excluding carboxylic acids is 1. The average molecular weight is 225 g/mol. The first kappa shape index (κ1) is 12.6. The van der Waals surface area contributed by atoms with Crippen LogP contribution in [-0.4, -0.2) is 19.1 Å². The van der Waals surface area contributed by atoms with Gasteiger partial charge in [0.2, 0.25) is 0 Å². The van der Waals surface area contributed by atoms with Gasteiger partial charge < -0.3 is 10.1 Å². The van der Waals surface area contributed by atoms with Crippen LogP contribution in [0.1, 0.15) is 25.5 Å². The van der Waals surface area contributed by atoms with E-state index in [1.54, 1.807) is 13.0 Å². The van der Waals surface area contributed by atoms with Crippen molar-refractivity contribution >= 4 is 5.97 Å². The Morgan fingerprint density at radius 3 is 2.94 bits per heavy atom. The van der Waals surface area contributed by atoms with Gasteiger partial charge in [0.05, 0.1) is 13.2 Å². The maximum Gasteiger partial charge on any atom is 0.319 e. The van der Waals surface area contributed by atoms with E-state index in [9.17, 15) is 9.18 Å². The van der Waals surface area contributed by atoms with Crippen molar-refractivity contribution in [2.24, 2.45) is 0 Å². The molecule has 0 bridgehead atoms. The number of rotatable bonds is 5. The van der Waals surface area contributed by atoms with E-state index in [1.165, 1.54) is 12.1 Å². The highest BCUT2D eigenvalue weighted by Gasteiger charge is 2.08. The zero-order valence-corrected chi connectivity index (χ0v) is 9.50. The van der Waals surface area contributed by atoms with Crippen molar-refractivity contribution < 1.29 is 13.9 Å². The van der Waals surface area contributed by atoms with Crippen molar-refractivity contribution in [3.63, 3.8) is 0 Å². The first-order chi connectivity index (χ1) is 7.63. The number of hydrogen-bond acceptors (Lipinski definition) is 3. The molecule has 0 saturated heterocycles. The molecular formula is C12H16FNO2. The van der Waals surface area contributed by atoms with Gasteiger partial charge in [0, 0.05) is 6.04 Å². The summed E-state index contributed by atoms with van der Waals surface area (Å²) in [5.41, 5.74) is 0.810. The standard InChI is InChI=1S/C12H16FNO2/c1-3-16-12(15)8-14-9(2)10-5-4-6-11(13)7-10/h4-7,9,14H,3,8H2,1-2H3/t9-/m1/s1. The summed E-state index contributed by atoms with van der Waals surface area (Å²) >= 11 is 0. The van der Waals surface area contributed by atoms with Gasteiger partial charge in [-0.3, -0.25) is 4.79 Å². The predicted molar refractivity (Wildman–Crippen MR) is 59.5 cm³/mol. The number of halogens is 1. The Balaban J connectivity index is 2.46. The lowest BCUT2D eigenvalue weighted by molar-refractivity contribution is -0.142. The number of carbonyl (C=O) groups is 1. The van der Waals surface area contributed by atoms with E-state index >= 15 is 0 Å². The Morgan fingerprint density at radius 1 is 1.56 bits per heavy atom. The summed E-state index contributed by atoms with van der Waals surface area (Å²) in [6.07, 6.45) is 0. The van der Waals surface area contributed by atoms with Crippen molar-refractivity contribution in [3.8, 4) is 0 Å². The van der Waals surface area contributed by atoms with Crippen LogP contribution in [0, 0.1) is 5.82 Å². The summed E-state index contributed by atoms with van der Waals surface area (Å²) in [7, 11) is 0. The first-order valence-electron chi connectivity index (χ1n) is 5.28. The third-order valence-corrected chi connectivity index (χ3v) is 2.21. The third kappa shape index (κ3) is 3.98. The molecule has 0 aliphatic carbocycles. The van der Waals surface area contributed by atoms with Crippen LogP contribution in [0.15, 0.2) is 24.3 Å². The lowest BCUT2D eigenvalue weighted by atomic mass is 10.1. The van der Waals surface area contributed by atoms with E-state index in [0.717, 1.165) is 5.56 Å². The molecule has 0 saturated carbocycles. The fourth-order valence-electron chi connectivity index (χ4n) is 1.34. The Hall–Kier alpha value is -1.42. The summed E-state index contributed by atoms with van der Waals surface area (Å²) in [5, 5.41) is 2.97. The molecular weight excluding hydrogens is 209 g/mol. The van der Waals surface area contributed by atoms with E-state index in [-0.39, 0.29) is 24.4 Å². The average Bonchev–Trinajstić information content (AvgIpc) is 2.26. The van der Waals surface area contributed by atoms with Gasteiger partial charge in [0.15, 0.2) is 0 Å². The summed E-state index contributed by atoms with van der Waals surface area (Å²) in [6, 6.07) is 6.21. The SMILES string of the molecule is CCOC(=O)CN[C@H](C)c1cccc(F)c1. The molecule has 1 N–H and O–H groups in total. The van der Waals surface area contributed by atoms with Gasteiger partial charge in [-0.2, -0.15) is 0 Å². The molecule has 1 aromatic rings. The van der Waals surface area contributed by atoms with Gasteiger partial charge in [-0.05, 0) is 31.5 Å². The number of hydrogen-bond donors (Lipinski definition) is 1. The molecule has 88 valence electrons.